The van der Waals surface area contributed by atoms with E-state index in [1.165, 1.54) is 16.8 Å². The van der Waals surface area contributed by atoms with E-state index in [0.29, 0.717) is 43.4 Å². The second-order valence-electron chi connectivity index (χ2n) is 4.74. The van der Waals surface area contributed by atoms with E-state index >= 15 is 0 Å². The minimum atomic E-state index is -0.574. The summed E-state index contributed by atoms with van der Waals surface area (Å²) < 4.78 is 25.9. The minimum Gasteiger partial charge on any atom is -0.411 e. The van der Waals surface area contributed by atoms with Crippen LogP contribution in [0.25, 0.3) is 5.69 Å². The zero-order valence-corrected chi connectivity index (χ0v) is 11.4. The number of halogens is 1. The Morgan fingerprint density at radius 2 is 2.05 bits per heavy atom. The fraction of sp³-hybridized carbons (Fsp3) is 0.357. The molecule has 6 nitrogen and oxygen atoms in total. The summed E-state index contributed by atoms with van der Waals surface area (Å²) in [5, 5.41) is 0. The van der Waals surface area contributed by atoms with Crippen LogP contribution in [0.2, 0.25) is 0 Å². The Hall–Kier alpha value is -2.12. The van der Waals surface area contributed by atoms with Crippen LogP contribution < -0.4 is 16.4 Å². The van der Waals surface area contributed by atoms with Gasteiger partial charge in [0, 0.05) is 13.1 Å². The molecule has 0 saturated carbocycles. The number of aromatic nitrogens is 1. The molecular formula is C14H16FN3O3. The summed E-state index contributed by atoms with van der Waals surface area (Å²) in [7, 11) is 0. The number of para-hydroxylation sites is 1. The van der Waals surface area contributed by atoms with Gasteiger partial charge >= 0.3 is 5.76 Å². The van der Waals surface area contributed by atoms with Crippen molar-refractivity contribution >= 4 is 5.69 Å². The molecule has 112 valence electrons. The first-order valence-corrected chi connectivity index (χ1v) is 6.73. The van der Waals surface area contributed by atoms with Crippen molar-refractivity contribution in [2.45, 2.75) is 6.54 Å². The minimum absolute atomic E-state index is 0.116. The third kappa shape index (κ3) is 2.57. The number of morpholine rings is 1. The summed E-state index contributed by atoms with van der Waals surface area (Å²) in [5.41, 5.74) is 6.31. The molecule has 1 aliphatic rings. The third-order valence-corrected chi connectivity index (χ3v) is 3.44. The van der Waals surface area contributed by atoms with Crippen LogP contribution in [-0.4, -0.2) is 30.9 Å². The quantitative estimate of drug-likeness (QED) is 0.909. The average Bonchev–Trinajstić information content (AvgIpc) is 2.89. The average molecular weight is 293 g/mol. The SMILES string of the molecule is NCc1cn(-c2cccc(F)c2N2CCOCC2)c(=O)o1. The van der Waals surface area contributed by atoms with Gasteiger partial charge in [-0.3, -0.25) is 0 Å². The first-order chi connectivity index (χ1) is 10.2. The monoisotopic (exact) mass is 293 g/mol. The van der Waals surface area contributed by atoms with Crippen molar-refractivity contribution in [3.05, 3.63) is 46.5 Å². The molecule has 0 unspecified atom stereocenters. The number of ether oxygens (including phenoxy) is 1. The van der Waals surface area contributed by atoms with Crippen LogP contribution in [0.1, 0.15) is 5.76 Å². The van der Waals surface area contributed by atoms with E-state index in [4.69, 9.17) is 14.9 Å². The predicted octanol–water partition coefficient (Wildman–Crippen LogP) is 0.865. The molecule has 1 saturated heterocycles. The fourth-order valence-electron chi connectivity index (χ4n) is 2.44. The zero-order valence-electron chi connectivity index (χ0n) is 11.4. The second kappa shape index (κ2) is 5.71. The van der Waals surface area contributed by atoms with Crippen LogP contribution in [-0.2, 0) is 11.3 Å². The Labute approximate surface area is 120 Å². The van der Waals surface area contributed by atoms with Crippen molar-refractivity contribution in [3.63, 3.8) is 0 Å². The van der Waals surface area contributed by atoms with Gasteiger partial charge in [0.1, 0.15) is 11.6 Å². The van der Waals surface area contributed by atoms with E-state index in [-0.39, 0.29) is 12.4 Å². The maximum absolute atomic E-state index is 14.3. The van der Waals surface area contributed by atoms with Gasteiger partial charge in [-0.2, -0.15) is 0 Å². The van der Waals surface area contributed by atoms with E-state index < -0.39 is 5.76 Å². The Balaban J connectivity index is 2.11. The van der Waals surface area contributed by atoms with E-state index in [9.17, 15) is 9.18 Å². The van der Waals surface area contributed by atoms with E-state index in [2.05, 4.69) is 0 Å². The van der Waals surface area contributed by atoms with Crippen LogP contribution in [0.15, 0.2) is 33.6 Å². The highest BCUT2D eigenvalue weighted by molar-refractivity contribution is 5.64. The van der Waals surface area contributed by atoms with Crippen LogP contribution in [0, 0.1) is 5.82 Å². The smallest absolute Gasteiger partial charge is 0.411 e. The summed E-state index contributed by atoms with van der Waals surface area (Å²) in [6.07, 6.45) is 1.50. The van der Waals surface area contributed by atoms with Gasteiger partial charge in [-0.05, 0) is 12.1 Å². The lowest BCUT2D eigenvalue weighted by Crippen LogP contribution is -2.37. The molecule has 2 heterocycles. The van der Waals surface area contributed by atoms with Gasteiger partial charge in [0.05, 0.1) is 37.3 Å². The van der Waals surface area contributed by atoms with Gasteiger partial charge < -0.3 is 19.8 Å². The van der Waals surface area contributed by atoms with Crippen molar-refractivity contribution in [3.8, 4) is 5.69 Å². The standard InChI is InChI=1S/C14H16FN3O3/c15-11-2-1-3-12(13(11)17-4-6-20-7-5-17)18-9-10(8-16)21-14(18)19/h1-3,9H,4-8,16H2. The normalized spacial score (nSPS) is 15.4. The highest BCUT2D eigenvalue weighted by Crippen LogP contribution is 2.28. The molecule has 7 heteroatoms. The lowest BCUT2D eigenvalue weighted by atomic mass is 10.2. The van der Waals surface area contributed by atoms with Crippen molar-refractivity contribution in [2.75, 3.05) is 31.2 Å². The van der Waals surface area contributed by atoms with Gasteiger partial charge in [0.15, 0.2) is 0 Å². The summed E-state index contributed by atoms with van der Waals surface area (Å²) in [4.78, 5) is 13.8. The number of nitrogens with zero attached hydrogens (tertiary/aromatic N) is 2. The third-order valence-electron chi connectivity index (χ3n) is 3.44. The lowest BCUT2D eigenvalue weighted by Gasteiger charge is -2.30. The molecule has 0 atom stereocenters. The van der Waals surface area contributed by atoms with Crippen LogP contribution in [0.3, 0.4) is 0 Å². The largest absolute Gasteiger partial charge is 0.423 e. The van der Waals surface area contributed by atoms with E-state index in [1.54, 1.807) is 12.1 Å². The molecule has 0 amide bonds. The molecule has 0 aliphatic carbocycles. The maximum Gasteiger partial charge on any atom is 0.423 e. The van der Waals surface area contributed by atoms with Gasteiger partial charge in [-0.15, -0.1) is 0 Å². The summed E-state index contributed by atoms with van der Waals surface area (Å²) >= 11 is 0. The maximum atomic E-state index is 14.3. The number of hydrogen-bond donors (Lipinski definition) is 1. The van der Waals surface area contributed by atoms with Crippen LogP contribution >= 0.6 is 0 Å². The number of anilines is 1. The molecule has 2 N–H and O–H groups in total. The summed E-state index contributed by atoms with van der Waals surface area (Å²) in [6, 6.07) is 4.63. The Kier molecular flexibility index (Phi) is 3.76. The van der Waals surface area contributed by atoms with Crippen LogP contribution in [0.4, 0.5) is 10.1 Å². The van der Waals surface area contributed by atoms with Crippen molar-refractivity contribution in [2.24, 2.45) is 5.73 Å². The summed E-state index contributed by atoms with van der Waals surface area (Å²) in [5.74, 6) is -0.593. The Bertz CT molecular complexity index is 689. The zero-order chi connectivity index (χ0) is 14.8. The lowest BCUT2D eigenvalue weighted by molar-refractivity contribution is 0.122. The van der Waals surface area contributed by atoms with Crippen molar-refractivity contribution in [1.29, 1.82) is 0 Å². The molecule has 21 heavy (non-hydrogen) atoms. The second-order valence-corrected chi connectivity index (χ2v) is 4.74. The van der Waals surface area contributed by atoms with E-state index in [1.807, 2.05) is 4.90 Å². The molecular weight excluding hydrogens is 277 g/mol. The van der Waals surface area contributed by atoms with Crippen molar-refractivity contribution < 1.29 is 13.5 Å². The Morgan fingerprint density at radius 1 is 1.29 bits per heavy atom. The molecule has 0 radical (unpaired) electrons. The molecule has 3 rings (SSSR count). The molecule has 1 aliphatic heterocycles. The predicted molar refractivity (Wildman–Crippen MR) is 75.2 cm³/mol. The van der Waals surface area contributed by atoms with Gasteiger partial charge in [-0.25, -0.2) is 13.8 Å². The highest BCUT2D eigenvalue weighted by Gasteiger charge is 2.21. The topological polar surface area (TPSA) is 73.6 Å². The number of rotatable bonds is 3. The molecule has 1 aromatic heterocycles. The summed E-state index contributed by atoms with van der Waals surface area (Å²) in [6.45, 7) is 2.32. The molecule has 1 aromatic carbocycles. The number of hydrogen-bond acceptors (Lipinski definition) is 5. The highest BCUT2D eigenvalue weighted by atomic mass is 19.1. The first kappa shape index (κ1) is 13.8. The van der Waals surface area contributed by atoms with E-state index in [0.717, 1.165) is 0 Å². The molecule has 2 aromatic rings. The number of benzene rings is 1. The first-order valence-electron chi connectivity index (χ1n) is 6.73. The Morgan fingerprint density at radius 3 is 2.71 bits per heavy atom. The molecule has 0 spiro atoms. The number of oxazole rings is 1. The number of nitrogens with two attached hydrogens (primary N) is 1. The molecule has 1 fully saturated rings. The van der Waals surface area contributed by atoms with Crippen molar-refractivity contribution in [1.82, 2.24) is 4.57 Å². The van der Waals surface area contributed by atoms with Gasteiger partial charge in [0.2, 0.25) is 0 Å². The van der Waals surface area contributed by atoms with Gasteiger partial charge in [-0.1, -0.05) is 6.07 Å². The van der Waals surface area contributed by atoms with Crippen LogP contribution in [0.5, 0.6) is 0 Å². The molecule has 0 bridgehead atoms. The fourth-order valence-corrected chi connectivity index (χ4v) is 2.44. The van der Waals surface area contributed by atoms with Gasteiger partial charge in [0.25, 0.3) is 0 Å².